The van der Waals surface area contributed by atoms with E-state index >= 15 is 0 Å². The molecule has 4 aromatic carbocycles. The van der Waals surface area contributed by atoms with Crippen LogP contribution in [0.5, 0.6) is 11.5 Å². The molecule has 0 amide bonds. The van der Waals surface area contributed by atoms with E-state index in [1.807, 2.05) is 6.07 Å². The molecule has 0 fully saturated rings. The minimum absolute atomic E-state index is 0.0245. The van der Waals surface area contributed by atoms with Crippen molar-refractivity contribution in [3.8, 4) is 23.6 Å². The van der Waals surface area contributed by atoms with Crippen molar-refractivity contribution < 1.29 is 39.1 Å². The van der Waals surface area contributed by atoms with E-state index in [1.165, 1.54) is 22.3 Å². The Labute approximate surface area is 390 Å². The smallest absolute Gasteiger partial charge is 0.306 e. The van der Waals surface area contributed by atoms with Gasteiger partial charge in [-0.05, 0) is 143 Å². The van der Waals surface area contributed by atoms with Crippen LogP contribution in [0.15, 0.2) is 84.9 Å². The largest absolute Gasteiger partial charge is 0.489 e. The van der Waals surface area contributed by atoms with E-state index in [1.54, 1.807) is 37.3 Å². The molecule has 6 rings (SSSR count). The fourth-order valence-corrected chi connectivity index (χ4v) is 9.23. The monoisotopic (exact) mass is 901 g/mol. The number of esters is 1. The van der Waals surface area contributed by atoms with Gasteiger partial charge in [-0.1, -0.05) is 72.8 Å². The standard InChI is InChI=1S/C28H36N2O4.C26H32N2O4/c1-4-33-26(32)13-12-21-10-7-11-24(17-29)27(21)34-19-25(31)18-30-28(2,3)16-20-14-22-8-5-6-9-23(22)15-20;1-26(2,14-18-12-20-6-3-4-7-21(20)13-18)28-16-23(29)17-32-25-19(10-11-24(30)31)8-5-9-22(25)15-27/h5-11,20,25,30-31H,4,12-16,18-19H2,1-3H3;3-9,18,23,28-29H,10-14,16-17H2,1-2H3,(H,30,31)/t25-;23-/m11/s1. The average molecular weight is 901 g/mol. The Kier molecular flexibility index (Phi) is 19.2. The van der Waals surface area contributed by atoms with E-state index in [0.717, 1.165) is 44.1 Å². The summed E-state index contributed by atoms with van der Waals surface area (Å²) in [5.74, 6) is 0.776. The number of nitrogens with one attached hydrogen (secondary N) is 2. The molecule has 352 valence electrons. The molecule has 0 radical (unpaired) electrons. The van der Waals surface area contributed by atoms with Crippen molar-refractivity contribution >= 4 is 11.9 Å². The molecule has 0 bridgehead atoms. The molecular weight excluding hydrogens is 833 g/mol. The summed E-state index contributed by atoms with van der Waals surface area (Å²) in [6.07, 6.45) is 5.78. The van der Waals surface area contributed by atoms with Crippen molar-refractivity contribution in [2.75, 3.05) is 32.9 Å². The number of carbonyl (C=O) groups is 2. The summed E-state index contributed by atoms with van der Waals surface area (Å²) in [5.41, 5.74) is 7.68. The lowest BCUT2D eigenvalue weighted by atomic mass is 9.88. The molecule has 5 N–H and O–H groups in total. The van der Waals surface area contributed by atoms with E-state index in [2.05, 4.69) is 99.0 Å². The van der Waals surface area contributed by atoms with Crippen molar-refractivity contribution in [3.05, 3.63) is 129 Å². The Hall–Kier alpha value is -5.76. The number of carboxylic acid groups (broad SMARTS) is 1. The third-order valence-corrected chi connectivity index (χ3v) is 12.3. The summed E-state index contributed by atoms with van der Waals surface area (Å²) >= 11 is 0. The Balaban J connectivity index is 0.000000248. The molecular formula is C54H68N4O8. The van der Waals surface area contributed by atoms with Gasteiger partial charge in [0.1, 0.15) is 49.1 Å². The quantitative estimate of drug-likeness (QED) is 0.0463. The highest BCUT2D eigenvalue weighted by Crippen LogP contribution is 2.34. The Morgan fingerprint density at radius 1 is 0.652 bits per heavy atom. The number of nitriles is 2. The predicted octanol–water partition coefficient (Wildman–Crippen LogP) is 7.46. The van der Waals surface area contributed by atoms with Gasteiger partial charge in [0.25, 0.3) is 0 Å². The van der Waals surface area contributed by atoms with Crippen LogP contribution in [0, 0.1) is 34.5 Å². The lowest BCUT2D eigenvalue weighted by Crippen LogP contribution is -2.46. The number of aryl methyl sites for hydroxylation is 2. The Bertz CT molecular complexity index is 2260. The molecule has 0 saturated carbocycles. The van der Waals surface area contributed by atoms with Crippen molar-refractivity contribution in [3.63, 3.8) is 0 Å². The number of aliphatic hydroxyl groups is 2. The number of β-amino-alcohol motifs (C(OH)–C–C–N with tert-alkyl or cyclic N) is 2. The van der Waals surface area contributed by atoms with Gasteiger partial charge in [0.2, 0.25) is 0 Å². The topological polar surface area (TPSA) is 194 Å². The molecule has 0 spiro atoms. The number of aliphatic hydroxyl groups excluding tert-OH is 2. The molecule has 4 aromatic rings. The second kappa shape index (κ2) is 24.7. The summed E-state index contributed by atoms with van der Waals surface area (Å²) in [4.78, 5) is 22.7. The SMILES string of the molecule is CC(C)(CC1Cc2ccccc2C1)NC[C@@H](O)COc1c(C#N)cccc1CCC(=O)O.CCOC(=O)CCc1cccc(C#N)c1OC[C@H](O)CNC(C)(C)CC1Cc2ccccc2C1. The number of carboxylic acids is 1. The molecule has 0 heterocycles. The zero-order valence-electron chi connectivity index (χ0n) is 39.3. The maximum atomic E-state index is 11.7. The highest BCUT2D eigenvalue weighted by molar-refractivity contribution is 5.70. The van der Waals surface area contributed by atoms with Crippen LogP contribution in [0.3, 0.4) is 0 Å². The van der Waals surface area contributed by atoms with E-state index < -0.39 is 18.2 Å². The van der Waals surface area contributed by atoms with Crippen LogP contribution < -0.4 is 20.1 Å². The van der Waals surface area contributed by atoms with Gasteiger partial charge < -0.3 is 40.2 Å². The molecule has 12 heteroatoms. The van der Waals surface area contributed by atoms with Crippen LogP contribution in [-0.2, 0) is 52.9 Å². The minimum Gasteiger partial charge on any atom is -0.489 e. The fourth-order valence-electron chi connectivity index (χ4n) is 9.23. The minimum atomic E-state index is -0.907. The van der Waals surface area contributed by atoms with Gasteiger partial charge >= 0.3 is 11.9 Å². The van der Waals surface area contributed by atoms with Crippen LogP contribution in [0.4, 0.5) is 0 Å². The first kappa shape index (κ1) is 51.2. The first-order chi connectivity index (χ1) is 31.6. The van der Waals surface area contributed by atoms with Crippen LogP contribution in [0.25, 0.3) is 0 Å². The summed E-state index contributed by atoms with van der Waals surface area (Å²) in [6.45, 7) is 11.6. The number of nitrogens with zero attached hydrogens (tertiary/aromatic N) is 2. The zero-order chi connectivity index (χ0) is 47.7. The number of benzene rings is 4. The first-order valence-electron chi connectivity index (χ1n) is 23.2. The van der Waals surface area contributed by atoms with Crippen molar-refractivity contribution in [2.24, 2.45) is 11.8 Å². The number of hydrogen-bond acceptors (Lipinski definition) is 11. The predicted molar refractivity (Wildman–Crippen MR) is 254 cm³/mol. The van der Waals surface area contributed by atoms with Gasteiger partial charge in [-0.2, -0.15) is 10.5 Å². The maximum Gasteiger partial charge on any atom is 0.306 e. The normalized spacial score (nSPS) is 14.4. The third kappa shape index (κ3) is 16.0. The first-order valence-corrected chi connectivity index (χ1v) is 23.2. The summed E-state index contributed by atoms with van der Waals surface area (Å²) in [6, 6.07) is 31.9. The summed E-state index contributed by atoms with van der Waals surface area (Å²) in [7, 11) is 0. The lowest BCUT2D eigenvalue weighted by Gasteiger charge is -2.30. The number of fused-ring (bicyclic) bond motifs is 2. The number of rotatable bonds is 23. The highest BCUT2D eigenvalue weighted by Gasteiger charge is 2.30. The van der Waals surface area contributed by atoms with Crippen molar-refractivity contribution in [1.82, 2.24) is 10.6 Å². The van der Waals surface area contributed by atoms with Crippen LogP contribution in [-0.4, -0.2) is 83.5 Å². The number of aliphatic carboxylic acids is 1. The molecule has 2 aliphatic rings. The van der Waals surface area contributed by atoms with Gasteiger partial charge in [-0.15, -0.1) is 0 Å². The molecule has 0 saturated heterocycles. The van der Waals surface area contributed by atoms with Gasteiger partial charge in [-0.25, -0.2) is 0 Å². The van der Waals surface area contributed by atoms with Crippen molar-refractivity contribution in [1.29, 1.82) is 10.5 Å². The molecule has 0 unspecified atom stereocenters. The number of ether oxygens (including phenoxy) is 3. The highest BCUT2D eigenvalue weighted by atomic mass is 16.5. The third-order valence-electron chi connectivity index (χ3n) is 12.3. The number of para-hydroxylation sites is 2. The van der Waals surface area contributed by atoms with Gasteiger partial charge in [-0.3, -0.25) is 9.59 Å². The lowest BCUT2D eigenvalue weighted by molar-refractivity contribution is -0.143. The van der Waals surface area contributed by atoms with E-state index in [9.17, 15) is 30.3 Å². The second-order valence-electron chi connectivity index (χ2n) is 19.0. The summed E-state index contributed by atoms with van der Waals surface area (Å²) in [5, 5.41) is 55.8. The van der Waals surface area contributed by atoms with Crippen LogP contribution in [0.1, 0.15) is 105 Å². The maximum absolute atomic E-state index is 11.7. The van der Waals surface area contributed by atoms with Gasteiger partial charge in [0.05, 0.1) is 17.7 Å². The van der Waals surface area contributed by atoms with Gasteiger partial charge in [0, 0.05) is 37.0 Å². The Morgan fingerprint density at radius 2 is 1.05 bits per heavy atom. The second-order valence-corrected chi connectivity index (χ2v) is 19.0. The molecule has 66 heavy (non-hydrogen) atoms. The van der Waals surface area contributed by atoms with E-state index in [4.69, 9.17) is 19.3 Å². The van der Waals surface area contributed by atoms with E-state index in [-0.39, 0.29) is 49.5 Å². The van der Waals surface area contributed by atoms with E-state index in [0.29, 0.717) is 66.1 Å². The summed E-state index contributed by atoms with van der Waals surface area (Å²) < 4.78 is 16.7. The van der Waals surface area contributed by atoms with Gasteiger partial charge in [0.15, 0.2) is 0 Å². The van der Waals surface area contributed by atoms with Crippen LogP contribution in [0.2, 0.25) is 0 Å². The molecule has 2 aliphatic carbocycles. The number of hydrogen-bond donors (Lipinski definition) is 5. The zero-order valence-corrected chi connectivity index (χ0v) is 39.3. The fraction of sp³-hybridized carbons (Fsp3) is 0.481. The van der Waals surface area contributed by atoms with Crippen molar-refractivity contribution in [2.45, 2.75) is 122 Å². The van der Waals surface area contributed by atoms with Crippen LogP contribution >= 0.6 is 0 Å². The number of carbonyl (C=O) groups excluding carboxylic acids is 1. The Morgan fingerprint density at radius 3 is 1.41 bits per heavy atom. The molecule has 12 nitrogen and oxygen atoms in total. The molecule has 0 aromatic heterocycles. The molecule has 0 aliphatic heterocycles. The molecule has 2 atom stereocenters. The average Bonchev–Trinajstić information content (AvgIpc) is 3.90.